The van der Waals surface area contributed by atoms with Crippen molar-refractivity contribution in [3.63, 3.8) is 0 Å². The summed E-state index contributed by atoms with van der Waals surface area (Å²) < 4.78 is 0. The van der Waals surface area contributed by atoms with E-state index in [9.17, 15) is 5.11 Å². The zero-order valence-electron chi connectivity index (χ0n) is 10.5. The molecule has 0 bridgehead atoms. The third-order valence-corrected chi connectivity index (χ3v) is 2.97. The number of H-pyrrole nitrogens is 1. The Hall–Kier alpha value is -1.14. The van der Waals surface area contributed by atoms with Crippen molar-refractivity contribution in [3.8, 4) is 0 Å². The molecule has 2 rings (SSSR count). The van der Waals surface area contributed by atoms with E-state index in [-0.39, 0.29) is 6.10 Å². The molecule has 96 valence electrons. The number of aryl methyl sites for hydroxylation is 1. The predicted octanol–water partition coefficient (Wildman–Crippen LogP) is -0.0838. The molecule has 1 fully saturated rings. The predicted molar refractivity (Wildman–Crippen MR) is 66.1 cm³/mol. The summed E-state index contributed by atoms with van der Waals surface area (Å²) in [5.41, 5.74) is 0. The first-order chi connectivity index (χ1) is 8.15. The quantitative estimate of drug-likeness (QED) is 0.685. The number of aromatic nitrogens is 3. The molecule has 1 unspecified atom stereocenters. The molecular weight excluding hydrogens is 218 g/mol. The van der Waals surface area contributed by atoms with Gasteiger partial charge in [0.1, 0.15) is 5.82 Å². The van der Waals surface area contributed by atoms with Gasteiger partial charge in [0, 0.05) is 32.1 Å². The minimum absolute atomic E-state index is 0.289. The number of aliphatic hydroxyl groups is 1. The topological polar surface area (TPSA) is 77.1 Å². The first kappa shape index (κ1) is 12.3. The maximum Gasteiger partial charge on any atom is 0.244 e. The molecule has 6 heteroatoms. The van der Waals surface area contributed by atoms with E-state index in [4.69, 9.17) is 0 Å². The van der Waals surface area contributed by atoms with Gasteiger partial charge in [0.2, 0.25) is 5.95 Å². The molecule has 0 radical (unpaired) electrons. The Kier molecular flexibility index (Phi) is 3.96. The number of hydrogen-bond donors (Lipinski definition) is 3. The maximum absolute atomic E-state index is 9.22. The highest BCUT2D eigenvalue weighted by molar-refractivity contribution is 5.30. The van der Waals surface area contributed by atoms with Gasteiger partial charge in [-0.15, -0.1) is 5.10 Å². The lowest BCUT2D eigenvalue weighted by Crippen LogP contribution is -2.49. The smallest absolute Gasteiger partial charge is 0.244 e. The van der Waals surface area contributed by atoms with Crippen molar-refractivity contribution in [1.82, 2.24) is 20.5 Å². The number of anilines is 1. The summed E-state index contributed by atoms with van der Waals surface area (Å²) in [4.78, 5) is 6.64. The van der Waals surface area contributed by atoms with Crippen molar-refractivity contribution < 1.29 is 5.11 Å². The Morgan fingerprint density at radius 2 is 2.41 bits per heavy atom. The van der Waals surface area contributed by atoms with E-state index in [1.165, 1.54) is 0 Å². The number of aliphatic hydroxyl groups excluding tert-OH is 1. The van der Waals surface area contributed by atoms with Crippen LogP contribution in [0.4, 0.5) is 5.95 Å². The number of nitrogens with zero attached hydrogens (tertiary/aromatic N) is 3. The van der Waals surface area contributed by atoms with Gasteiger partial charge in [-0.1, -0.05) is 0 Å². The normalized spacial score (nSPS) is 22.8. The van der Waals surface area contributed by atoms with Gasteiger partial charge in [0.15, 0.2) is 0 Å². The Labute approximate surface area is 101 Å². The molecule has 1 aromatic rings. The van der Waals surface area contributed by atoms with Crippen molar-refractivity contribution in [2.45, 2.75) is 38.8 Å². The molecule has 0 spiro atoms. The number of aromatic amines is 1. The van der Waals surface area contributed by atoms with Crippen molar-refractivity contribution in [2.24, 2.45) is 0 Å². The van der Waals surface area contributed by atoms with E-state index in [1.54, 1.807) is 6.92 Å². The van der Waals surface area contributed by atoms with Gasteiger partial charge in [-0.3, -0.25) is 5.10 Å². The largest absolute Gasteiger partial charge is 0.393 e. The van der Waals surface area contributed by atoms with Crippen LogP contribution in [0.15, 0.2) is 0 Å². The van der Waals surface area contributed by atoms with Crippen molar-refractivity contribution in [1.29, 1.82) is 0 Å². The zero-order chi connectivity index (χ0) is 12.3. The highest BCUT2D eigenvalue weighted by Crippen LogP contribution is 2.11. The molecule has 17 heavy (non-hydrogen) atoms. The van der Waals surface area contributed by atoms with Gasteiger partial charge >= 0.3 is 0 Å². The number of hydrogen-bond acceptors (Lipinski definition) is 5. The van der Waals surface area contributed by atoms with Gasteiger partial charge in [0.05, 0.1) is 6.10 Å². The second-order valence-corrected chi connectivity index (χ2v) is 4.77. The monoisotopic (exact) mass is 239 g/mol. The summed E-state index contributed by atoms with van der Waals surface area (Å²) in [5, 5.41) is 19.8. The van der Waals surface area contributed by atoms with E-state index >= 15 is 0 Å². The third-order valence-electron chi connectivity index (χ3n) is 2.97. The van der Waals surface area contributed by atoms with E-state index in [0.29, 0.717) is 12.5 Å². The number of piperazine rings is 1. The van der Waals surface area contributed by atoms with Crippen LogP contribution in [0.5, 0.6) is 0 Å². The molecule has 1 aliphatic heterocycles. The zero-order valence-corrected chi connectivity index (χ0v) is 10.5. The van der Waals surface area contributed by atoms with Gasteiger partial charge in [-0.05, 0) is 20.3 Å². The van der Waals surface area contributed by atoms with Crippen molar-refractivity contribution >= 4 is 5.95 Å². The molecular formula is C11H21N5O. The van der Waals surface area contributed by atoms with Crippen LogP contribution < -0.4 is 10.2 Å². The average molecular weight is 239 g/mol. The van der Waals surface area contributed by atoms with Crippen LogP contribution in [0.3, 0.4) is 0 Å². The molecule has 1 aliphatic rings. The van der Waals surface area contributed by atoms with Crippen LogP contribution in [0, 0.1) is 0 Å². The standard InChI is InChI=1S/C11H21N5O/c1-8-7-16(6-5-12-8)11-13-10(14-15-11)4-3-9(2)17/h8-9,12,17H,3-7H2,1-2H3,(H,13,14,15)/t8-,9?/m0/s1. The highest BCUT2D eigenvalue weighted by Gasteiger charge is 2.19. The molecule has 6 nitrogen and oxygen atoms in total. The van der Waals surface area contributed by atoms with Crippen LogP contribution in [-0.2, 0) is 6.42 Å². The molecule has 2 heterocycles. The molecule has 2 atom stereocenters. The molecule has 0 aromatic carbocycles. The second-order valence-electron chi connectivity index (χ2n) is 4.77. The second kappa shape index (κ2) is 5.46. The maximum atomic E-state index is 9.22. The van der Waals surface area contributed by atoms with Crippen LogP contribution in [0.2, 0.25) is 0 Å². The van der Waals surface area contributed by atoms with Crippen molar-refractivity contribution in [3.05, 3.63) is 5.82 Å². The minimum atomic E-state index is -0.289. The molecule has 1 saturated heterocycles. The number of rotatable bonds is 4. The highest BCUT2D eigenvalue weighted by atomic mass is 16.3. The Balaban J connectivity index is 1.92. The lowest BCUT2D eigenvalue weighted by atomic mass is 10.2. The fourth-order valence-electron chi connectivity index (χ4n) is 2.00. The lowest BCUT2D eigenvalue weighted by Gasteiger charge is -2.30. The molecule has 0 amide bonds. The average Bonchev–Trinajstić information content (AvgIpc) is 2.75. The summed E-state index contributed by atoms with van der Waals surface area (Å²) in [6, 6.07) is 0.475. The van der Waals surface area contributed by atoms with Crippen LogP contribution in [0.1, 0.15) is 26.1 Å². The molecule has 0 saturated carbocycles. The Morgan fingerprint density at radius 3 is 3.12 bits per heavy atom. The van der Waals surface area contributed by atoms with E-state index in [0.717, 1.165) is 37.8 Å². The summed E-state index contributed by atoms with van der Waals surface area (Å²) in [7, 11) is 0. The summed E-state index contributed by atoms with van der Waals surface area (Å²) in [5.74, 6) is 1.63. The summed E-state index contributed by atoms with van der Waals surface area (Å²) in [6.45, 7) is 6.80. The van der Waals surface area contributed by atoms with E-state index in [2.05, 4.69) is 32.3 Å². The van der Waals surface area contributed by atoms with Gasteiger partial charge in [-0.25, -0.2) is 0 Å². The molecule has 3 N–H and O–H groups in total. The Morgan fingerprint density at radius 1 is 1.59 bits per heavy atom. The van der Waals surface area contributed by atoms with Gasteiger partial charge in [0.25, 0.3) is 0 Å². The SMILES string of the molecule is CC(O)CCc1nc(N2CCN[C@@H](C)C2)n[nH]1. The van der Waals surface area contributed by atoms with Gasteiger partial charge in [-0.2, -0.15) is 4.98 Å². The number of nitrogens with one attached hydrogen (secondary N) is 2. The van der Waals surface area contributed by atoms with Gasteiger partial charge < -0.3 is 15.3 Å². The van der Waals surface area contributed by atoms with E-state index < -0.39 is 0 Å². The fourth-order valence-corrected chi connectivity index (χ4v) is 2.00. The van der Waals surface area contributed by atoms with E-state index in [1.807, 2.05) is 0 Å². The minimum Gasteiger partial charge on any atom is -0.393 e. The summed E-state index contributed by atoms with van der Waals surface area (Å²) >= 11 is 0. The third kappa shape index (κ3) is 3.41. The van der Waals surface area contributed by atoms with Crippen LogP contribution in [0.25, 0.3) is 0 Å². The van der Waals surface area contributed by atoms with Crippen molar-refractivity contribution in [2.75, 3.05) is 24.5 Å². The molecule has 1 aromatic heterocycles. The Bertz CT molecular complexity index is 351. The van der Waals surface area contributed by atoms with Crippen LogP contribution in [-0.4, -0.2) is 52.1 Å². The fraction of sp³-hybridized carbons (Fsp3) is 0.818. The summed E-state index contributed by atoms with van der Waals surface area (Å²) in [6.07, 6.45) is 1.17. The lowest BCUT2D eigenvalue weighted by molar-refractivity contribution is 0.184. The van der Waals surface area contributed by atoms with Crippen LogP contribution >= 0.6 is 0 Å². The first-order valence-corrected chi connectivity index (χ1v) is 6.23. The molecule has 0 aliphatic carbocycles. The first-order valence-electron chi connectivity index (χ1n) is 6.23.